The van der Waals surface area contributed by atoms with Crippen LogP contribution in [0.2, 0.25) is 0 Å². The molecule has 0 aromatic heterocycles. The highest BCUT2D eigenvalue weighted by atomic mass is 16.5. The standard InChI is InChI=1S/C14H23NO3/c1-4-18-13(17)14(2,3)12(16)9-15-8-10-5-6-11(15)7-10/h10-11H,4-9H2,1-3H3. The molecule has 1 aliphatic heterocycles. The van der Waals surface area contributed by atoms with Crippen molar-refractivity contribution in [2.24, 2.45) is 11.3 Å². The van der Waals surface area contributed by atoms with Crippen LogP contribution in [0.15, 0.2) is 0 Å². The highest BCUT2D eigenvalue weighted by molar-refractivity contribution is 6.03. The summed E-state index contributed by atoms with van der Waals surface area (Å²) in [5, 5.41) is 0. The number of carbonyl (C=O) groups is 2. The summed E-state index contributed by atoms with van der Waals surface area (Å²) in [7, 11) is 0. The van der Waals surface area contributed by atoms with Gasteiger partial charge in [-0.25, -0.2) is 0 Å². The van der Waals surface area contributed by atoms with Crippen molar-refractivity contribution in [3.63, 3.8) is 0 Å². The van der Waals surface area contributed by atoms with Gasteiger partial charge in [0.1, 0.15) is 5.41 Å². The third-order valence-corrected chi connectivity index (χ3v) is 4.35. The molecule has 0 radical (unpaired) electrons. The molecule has 4 heteroatoms. The van der Waals surface area contributed by atoms with E-state index in [0.29, 0.717) is 19.2 Å². The molecule has 1 aliphatic carbocycles. The van der Waals surface area contributed by atoms with E-state index in [-0.39, 0.29) is 5.78 Å². The monoisotopic (exact) mass is 253 g/mol. The van der Waals surface area contributed by atoms with Gasteiger partial charge >= 0.3 is 5.97 Å². The van der Waals surface area contributed by atoms with Crippen LogP contribution in [0.1, 0.15) is 40.0 Å². The number of ether oxygens (including phenoxy) is 1. The van der Waals surface area contributed by atoms with Gasteiger partial charge in [-0.05, 0) is 46.0 Å². The van der Waals surface area contributed by atoms with Crippen molar-refractivity contribution in [3.8, 4) is 0 Å². The minimum atomic E-state index is -1.02. The third kappa shape index (κ3) is 2.44. The maximum atomic E-state index is 12.3. The number of rotatable bonds is 5. The highest BCUT2D eigenvalue weighted by Gasteiger charge is 2.43. The van der Waals surface area contributed by atoms with Crippen LogP contribution in [0, 0.1) is 11.3 Å². The Hall–Kier alpha value is -0.900. The van der Waals surface area contributed by atoms with Gasteiger partial charge in [-0.3, -0.25) is 14.5 Å². The second kappa shape index (κ2) is 5.00. The predicted molar refractivity (Wildman–Crippen MR) is 68.1 cm³/mol. The first kappa shape index (κ1) is 13.5. The minimum Gasteiger partial charge on any atom is -0.465 e. The van der Waals surface area contributed by atoms with Crippen molar-refractivity contribution in [2.45, 2.75) is 46.1 Å². The Labute approximate surface area is 109 Å². The molecule has 0 N–H and O–H groups in total. The quantitative estimate of drug-likeness (QED) is 0.552. The Morgan fingerprint density at radius 2 is 2.06 bits per heavy atom. The number of fused-ring (bicyclic) bond motifs is 2. The fourth-order valence-corrected chi connectivity index (χ4v) is 3.03. The largest absolute Gasteiger partial charge is 0.465 e. The molecule has 4 nitrogen and oxygen atoms in total. The molecule has 2 fully saturated rings. The summed E-state index contributed by atoms with van der Waals surface area (Å²) in [5.41, 5.74) is -1.02. The highest BCUT2D eigenvalue weighted by Crippen LogP contribution is 2.37. The zero-order valence-corrected chi connectivity index (χ0v) is 11.6. The molecule has 2 unspecified atom stereocenters. The summed E-state index contributed by atoms with van der Waals surface area (Å²) in [6.07, 6.45) is 3.74. The van der Waals surface area contributed by atoms with E-state index in [2.05, 4.69) is 4.90 Å². The molecular weight excluding hydrogens is 230 g/mol. The van der Waals surface area contributed by atoms with Gasteiger partial charge in [0.15, 0.2) is 5.78 Å². The number of Topliss-reactive ketones (excluding diaryl/α,β-unsaturated/α-hetero) is 1. The average Bonchev–Trinajstić information content (AvgIpc) is 2.91. The van der Waals surface area contributed by atoms with Gasteiger partial charge in [-0.2, -0.15) is 0 Å². The van der Waals surface area contributed by atoms with Crippen molar-refractivity contribution in [3.05, 3.63) is 0 Å². The summed E-state index contributed by atoms with van der Waals surface area (Å²) in [6, 6.07) is 0.567. The second-order valence-corrected chi connectivity index (χ2v) is 6.03. The van der Waals surface area contributed by atoms with Crippen molar-refractivity contribution >= 4 is 11.8 Å². The number of nitrogens with zero attached hydrogens (tertiary/aromatic N) is 1. The lowest BCUT2D eigenvalue weighted by Gasteiger charge is -2.29. The Morgan fingerprint density at radius 3 is 2.56 bits per heavy atom. The number of hydrogen-bond acceptors (Lipinski definition) is 4. The maximum absolute atomic E-state index is 12.3. The van der Waals surface area contributed by atoms with E-state index in [1.807, 2.05) is 0 Å². The fraction of sp³-hybridized carbons (Fsp3) is 0.857. The summed E-state index contributed by atoms with van der Waals surface area (Å²) in [5.74, 6) is 0.348. The van der Waals surface area contributed by atoms with E-state index in [0.717, 1.165) is 12.5 Å². The Morgan fingerprint density at radius 1 is 1.33 bits per heavy atom. The van der Waals surface area contributed by atoms with E-state index < -0.39 is 11.4 Å². The molecule has 0 aromatic carbocycles. The molecule has 1 saturated carbocycles. The Balaban J connectivity index is 1.93. The summed E-state index contributed by atoms with van der Waals surface area (Å²) >= 11 is 0. The molecule has 1 saturated heterocycles. The second-order valence-electron chi connectivity index (χ2n) is 6.03. The zero-order chi connectivity index (χ0) is 13.3. The molecule has 2 bridgehead atoms. The van der Waals surface area contributed by atoms with Crippen LogP contribution < -0.4 is 0 Å². The van der Waals surface area contributed by atoms with Crippen molar-refractivity contribution < 1.29 is 14.3 Å². The molecule has 102 valence electrons. The molecule has 0 amide bonds. The SMILES string of the molecule is CCOC(=O)C(C)(C)C(=O)CN1CC2CCC1C2. The maximum Gasteiger partial charge on any atom is 0.319 e. The number of carbonyl (C=O) groups excluding carboxylic acids is 2. The summed E-state index contributed by atoms with van der Waals surface area (Å²) in [6.45, 7) is 6.84. The van der Waals surface area contributed by atoms with E-state index in [9.17, 15) is 9.59 Å². The molecular formula is C14H23NO3. The normalized spacial score (nSPS) is 27.5. The van der Waals surface area contributed by atoms with Gasteiger partial charge in [0.2, 0.25) is 0 Å². The molecule has 0 aromatic rings. The van der Waals surface area contributed by atoms with Gasteiger partial charge in [0.25, 0.3) is 0 Å². The lowest BCUT2D eigenvalue weighted by molar-refractivity contribution is -0.158. The lowest BCUT2D eigenvalue weighted by atomic mass is 9.87. The molecule has 1 heterocycles. The number of esters is 1. The van der Waals surface area contributed by atoms with Gasteiger partial charge in [0, 0.05) is 12.6 Å². The van der Waals surface area contributed by atoms with E-state index in [1.165, 1.54) is 19.3 Å². The van der Waals surface area contributed by atoms with Gasteiger partial charge in [-0.15, -0.1) is 0 Å². The number of hydrogen-bond donors (Lipinski definition) is 0. The molecule has 18 heavy (non-hydrogen) atoms. The van der Waals surface area contributed by atoms with E-state index in [4.69, 9.17) is 4.74 Å². The third-order valence-electron chi connectivity index (χ3n) is 4.35. The van der Waals surface area contributed by atoms with Gasteiger partial charge < -0.3 is 4.74 Å². The molecule has 2 rings (SSSR count). The first-order valence-electron chi connectivity index (χ1n) is 6.89. The first-order valence-corrected chi connectivity index (χ1v) is 6.89. The first-order chi connectivity index (χ1) is 8.45. The predicted octanol–water partition coefficient (Wildman–Crippen LogP) is 1.63. The smallest absolute Gasteiger partial charge is 0.319 e. The molecule has 2 atom stereocenters. The minimum absolute atomic E-state index is 0.0199. The van der Waals surface area contributed by atoms with Crippen LogP contribution in [0.25, 0.3) is 0 Å². The zero-order valence-electron chi connectivity index (χ0n) is 11.6. The van der Waals surface area contributed by atoms with E-state index in [1.54, 1.807) is 20.8 Å². The van der Waals surface area contributed by atoms with Crippen molar-refractivity contribution in [1.29, 1.82) is 0 Å². The van der Waals surface area contributed by atoms with Crippen LogP contribution in [0.4, 0.5) is 0 Å². The topological polar surface area (TPSA) is 46.6 Å². The number of likely N-dealkylation sites (tertiary alicyclic amines) is 1. The Bertz CT molecular complexity index is 351. The molecule has 2 aliphatic rings. The number of piperidine rings is 1. The van der Waals surface area contributed by atoms with Crippen LogP contribution in [-0.4, -0.2) is 42.4 Å². The number of ketones is 1. The van der Waals surface area contributed by atoms with Crippen molar-refractivity contribution in [2.75, 3.05) is 19.7 Å². The van der Waals surface area contributed by atoms with Crippen LogP contribution in [0.5, 0.6) is 0 Å². The van der Waals surface area contributed by atoms with Crippen LogP contribution in [0.3, 0.4) is 0 Å². The summed E-state index contributed by atoms with van der Waals surface area (Å²) in [4.78, 5) is 26.3. The van der Waals surface area contributed by atoms with Gasteiger partial charge in [0.05, 0.1) is 13.2 Å². The fourth-order valence-electron chi connectivity index (χ4n) is 3.03. The van der Waals surface area contributed by atoms with Crippen LogP contribution in [-0.2, 0) is 14.3 Å². The molecule has 0 spiro atoms. The average molecular weight is 253 g/mol. The van der Waals surface area contributed by atoms with Crippen LogP contribution >= 0.6 is 0 Å². The summed E-state index contributed by atoms with van der Waals surface area (Å²) < 4.78 is 4.98. The van der Waals surface area contributed by atoms with Gasteiger partial charge in [-0.1, -0.05) is 0 Å². The lowest BCUT2D eigenvalue weighted by Crippen LogP contribution is -2.44. The van der Waals surface area contributed by atoms with Crippen molar-refractivity contribution in [1.82, 2.24) is 4.90 Å². The Kier molecular flexibility index (Phi) is 3.76. The van der Waals surface area contributed by atoms with E-state index >= 15 is 0 Å².